The highest BCUT2D eigenvalue weighted by molar-refractivity contribution is 7.99. The highest BCUT2D eigenvalue weighted by Crippen LogP contribution is 2.20. The number of halogens is 1. The molecule has 1 N–H and O–H groups in total. The van der Waals surface area contributed by atoms with E-state index in [9.17, 15) is 9.59 Å². The van der Waals surface area contributed by atoms with Crippen molar-refractivity contribution in [3.63, 3.8) is 0 Å². The van der Waals surface area contributed by atoms with E-state index in [1.165, 1.54) is 17.3 Å². The van der Waals surface area contributed by atoms with Crippen molar-refractivity contribution in [3.8, 4) is 0 Å². The quantitative estimate of drug-likeness (QED) is 0.747. The fraction of sp³-hybridized carbons (Fsp3) is 0.300. The maximum Gasteiger partial charge on any atom is 0.242 e. The van der Waals surface area contributed by atoms with E-state index >= 15 is 0 Å². The number of nitrogens with one attached hydrogen (secondary N) is 1. The first-order valence-electron chi connectivity index (χ1n) is 8.39. The van der Waals surface area contributed by atoms with Crippen molar-refractivity contribution in [3.05, 3.63) is 70.7 Å². The molecular formula is C20H23ClN2O2S. The molecule has 0 unspecified atom stereocenters. The number of thioether (sulfide) groups is 1. The molecule has 1 atom stereocenters. The van der Waals surface area contributed by atoms with Crippen molar-refractivity contribution in [2.24, 2.45) is 0 Å². The summed E-state index contributed by atoms with van der Waals surface area (Å²) in [6.07, 6.45) is 0. The van der Waals surface area contributed by atoms with Crippen LogP contribution >= 0.6 is 23.4 Å². The number of nitrogens with zero attached hydrogens (tertiary/aromatic N) is 1. The molecule has 0 aliphatic carbocycles. The molecule has 26 heavy (non-hydrogen) atoms. The van der Waals surface area contributed by atoms with Gasteiger partial charge in [-0.3, -0.25) is 9.59 Å². The number of rotatable bonds is 8. The summed E-state index contributed by atoms with van der Waals surface area (Å²) in [5.41, 5.74) is 1.99. The van der Waals surface area contributed by atoms with Crippen LogP contribution in [0.4, 0.5) is 0 Å². The van der Waals surface area contributed by atoms with Crippen molar-refractivity contribution in [1.29, 1.82) is 0 Å². The molecular weight excluding hydrogens is 368 g/mol. The summed E-state index contributed by atoms with van der Waals surface area (Å²) in [5, 5.41) is 3.20. The second kappa shape index (κ2) is 10.2. The van der Waals surface area contributed by atoms with Gasteiger partial charge in [0.1, 0.15) is 6.04 Å². The van der Waals surface area contributed by atoms with Crippen LogP contribution in [-0.4, -0.2) is 35.6 Å². The summed E-state index contributed by atoms with van der Waals surface area (Å²) in [6, 6.07) is 16.8. The zero-order valence-electron chi connectivity index (χ0n) is 14.9. The Morgan fingerprint density at radius 1 is 1.12 bits per heavy atom. The number of hydrogen-bond acceptors (Lipinski definition) is 3. The van der Waals surface area contributed by atoms with Crippen molar-refractivity contribution >= 4 is 35.2 Å². The average Bonchev–Trinajstić information content (AvgIpc) is 2.67. The molecule has 0 fully saturated rings. The molecule has 6 heteroatoms. The SMILES string of the molecule is CNC(=O)[C@H](C)N(Cc1ccccc1Cl)C(=O)CSCc1ccccc1. The maximum atomic E-state index is 12.8. The van der Waals surface area contributed by atoms with Gasteiger partial charge in [-0.25, -0.2) is 0 Å². The normalized spacial score (nSPS) is 11.7. The Morgan fingerprint density at radius 3 is 2.42 bits per heavy atom. The highest BCUT2D eigenvalue weighted by Gasteiger charge is 2.25. The standard InChI is InChI=1S/C20H23ClN2O2S/c1-15(20(25)22-2)23(12-17-10-6-7-11-18(17)21)19(24)14-26-13-16-8-4-3-5-9-16/h3-11,15H,12-14H2,1-2H3,(H,22,25)/t15-/m0/s1. The van der Waals surface area contributed by atoms with Gasteiger partial charge in [-0.05, 0) is 24.1 Å². The largest absolute Gasteiger partial charge is 0.357 e. The summed E-state index contributed by atoms with van der Waals surface area (Å²) in [4.78, 5) is 26.5. The molecule has 2 aromatic rings. The number of amides is 2. The minimum atomic E-state index is -0.568. The highest BCUT2D eigenvalue weighted by atomic mass is 35.5. The third kappa shape index (κ3) is 5.78. The average molecular weight is 391 g/mol. The molecule has 0 bridgehead atoms. The van der Waals surface area contributed by atoms with E-state index in [0.29, 0.717) is 17.3 Å². The smallest absolute Gasteiger partial charge is 0.242 e. The van der Waals surface area contributed by atoms with E-state index in [1.54, 1.807) is 24.9 Å². The van der Waals surface area contributed by atoms with Crippen LogP contribution in [0, 0.1) is 0 Å². The van der Waals surface area contributed by atoms with Gasteiger partial charge in [0.2, 0.25) is 11.8 Å². The molecule has 0 aliphatic heterocycles. The number of carbonyl (C=O) groups is 2. The fourth-order valence-corrected chi connectivity index (χ4v) is 3.58. The van der Waals surface area contributed by atoms with Crippen LogP contribution in [0.15, 0.2) is 54.6 Å². The predicted molar refractivity (Wildman–Crippen MR) is 108 cm³/mol. The molecule has 2 amide bonds. The van der Waals surface area contributed by atoms with Gasteiger partial charge >= 0.3 is 0 Å². The zero-order chi connectivity index (χ0) is 18.9. The minimum absolute atomic E-state index is 0.0815. The monoisotopic (exact) mass is 390 g/mol. The van der Waals surface area contributed by atoms with Crippen LogP contribution in [0.2, 0.25) is 5.02 Å². The molecule has 0 aromatic heterocycles. The van der Waals surface area contributed by atoms with E-state index in [1.807, 2.05) is 48.5 Å². The lowest BCUT2D eigenvalue weighted by molar-refractivity contribution is -0.138. The lowest BCUT2D eigenvalue weighted by atomic mass is 10.1. The molecule has 0 heterocycles. The van der Waals surface area contributed by atoms with Gasteiger partial charge < -0.3 is 10.2 Å². The third-order valence-electron chi connectivity index (χ3n) is 4.05. The topological polar surface area (TPSA) is 49.4 Å². The maximum absolute atomic E-state index is 12.8. The Bertz CT molecular complexity index is 740. The van der Waals surface area contributed by atoms with Crippen LogP contribution in [-0.2, 0) is 21.9 Å². The summed E-state index contributed by atoms with van der Waals surface area (Å²) >= 11 is 7.77. The number of hydrogen-bond donors (Lipinski definition) is 1. The van der Waals surface area contributed by atoms with Gasteiger partial charge in [-0.15, -0.1) is 11.8 Å². The number of carbonyl (C=O) groups excluding carboxylic acids is 2. The van der Waals surface area contributed by atoms with E-state index < -0.39 is 6.04 Å². The van der Waals surface area contributed by atoms with Gasteiger partial charge in [-0.2, -0.15) is 0 Å². The molecule has 0 saturated carbocycles. The van der Waals surface area contributed by atoms with Crippen LogP contribution in [0.1, 0.15) is 18.1 Å². The van der Waals surface area contributed by atoms with E-state index in [4.69, 9.17) is 11.6 Å². The summed E-state index contributed by atoms with van der Waals surface area (Å²) < 4.78 is 0. The molecule has 0 saturated heterocycles. The van der Waals surface area contributed by atoms with Gasteiger partial charge in [0.05, 0.1) is 5.75 Å². The zero-order valence-corrected chi connectivity index (χ0v) is 16.5. The van der Waals surface area contributed by atoms with Gasteiger partial charge in [-0.1, -0.05) is 60.1 Å². The molecule has 4 nitrogen and oxygen atoms in total. The first-order valence-corrected chi connectivity index (χ1v) is 9.92. The van der Waals surface area contributed by atoms with Crippen LogP contribution in [0.3, 0.4) is 0 Å². The molecule has 2 aromatic carbocycles. The van der Waals surface area contributed by atoms with Crippen LogP contribution in [0.5, 0.6) is 0 Å². The van der Waals surface area contributed by atoms with E-state index in [-0.39, 0.29) is 11.8 Å². The predicted octanol–water partition coefficient (Wildman–Crippen LogP) is 3.74. The molecule has 0 spiro atoms. The molecule has 138 valence electrons. The number of likely N-dealkylation sites (N-methyl/N-ethyl adjacent to an activating group) is 1. The second-order valence-corrected chi connectivity index (χ2v) is 7.27. The van der Waals surface area contributed by atoms with E-state index in [0.717, 1.165) is 11.3 Å². The van der Waals surface area contributed by atoms with Crippen LogP contribution in [0.25, 0.3) is 0 Å². The lowest BCUT2D eigenvalue weighted by Gasteiger charge is -2.28. The third-order valence-corrected chi connectivity index (χ3v) is 5.41. The van der Waals surface area contributed by atoms with Crippen LogP contribution < -0.4 is 5.32 Å². The lowest BCUT2D eigenvalue weighted by Crippen LogP contribution is -2.47. The molecule has 0 aliphatic rings. The van der Waals surface area contributed by atoms with Crippen molar-refractivity contribution in [1.82, 2.24) is 10.2 Å². The Balaban J connectivity index is 2.05. The van der Waals surface area contributed by atoms with Crippen molar-refractivity contribution in [2.75, 3.05) is 12.8 Å². The first-order chi connectivity index (χ1) is 12.5. The summed E-state index contributed by atoms with van der Waals surface area (Å²) in [5.74, 6) is 0.780. The van der Waals surface area contributed by atoms with E-state index in [2.05, 4.69) is 5.32 Å². The minimum Gasteiger partial charge on any atom is -0.357 e. The number of benzene rings is 2. The Morgan fingerprint density at radius 2 is 1.77 bits per heavy atom. The second-order valence-electron chi connectivity index (χ2n) is 5.88. The first kappa shape index (κ1) is 20.3. The fourth-order valence-electron chi connectivity index (χ4n) is 2.52. The summed E-state index contributed by atoms with van der Waals surface area (Å²) in [6.45, 7) is 2.04. The molecule has 2 rings (SSSR count). The van der Waals surface area contributed by atoms with Crippen molar-refractivity contribution < 1.29 is 9.59 Å². The Labute approximate surface area is 163 Å². The summed E-state index contributed by atoms with van der Waals surface area (Å²) in [7, 11) is 1.57. The Hall–Kier alpha value is -1.98. The van der Waals surface area contributed by atoms with Gasteiger partial charge in [0.25, 0.3) is 0 Å². The Kier molecular flexibility index (Phi) is 8.01. The van der Waals surface area contributed by atoms with Gasteiger partial charge in [0.15, 0.2) is 0 Å². The van der Waals surface area contributed by atoms with Gasteiger partial charge in [0, 0.05) is 24.4 Å². The van der Waals surface area contributed by atoms with Crippen molar-refractivity contribution in [2.45, 2.75) is 25.3 Å². The molecule has 0 radical (unpaired) electrons.